The molecule has 1 aromatic rings. The van der Waals surface area contributed by atoms with E-state index in [1.165, 1.54) is 24.3 Å². The van der Waals surface area contributed by atoms with Gasteiger partial charge in [-0.2, -0.15) is 0 Å². The standard InChI is InChI=1S/C17H23FN2O3.ClH/c18-15-7-5-14(6-8-15)17(23)20-11-3-10-19(12-13-20)9-2-1-4-16(21)22;/h5-8H,1-4,9-13H2,(H,21,22);1H. The van der Waals surface area contributed by atoms with Crippen LogP contribution >= 0.6 is 12.4 Å². The molecule has 1 aromatic carbocycles. The zero-order valence-electron chi connectivity index (χ0n) is 13.6. The van der Waals surface area contributed by atoms with Crippen LogP contribution in [0.15, 0.2) is 24.3 Å². The van der Waals surface area contributed by atoms with E-state index in [-0.39, 0.29) is 30.6 Å². The van der Waals surface area contributed by atoms with Crippen molar-refractivity contribution in [1.29, 1.82) is 0 Å². The molecule has 0 spiro atoms. The molecule has 0 radical (unpaired) electrons. The van der Waals surface area contributed by atoms with Crippen molar-refractivity contribution >= 4 is 24.3 Å². The van der Waals surface area contributed by atoms with Crippen molar-refractivity contribution in [2.45, 2.75) is 25.7 Å². The number of amides is 1. The maximum absolute atomic E-state index is 12.9. The first-order valence-electron chi connectivity index (χ1n) is 8.05. The van der Waals surface area contributed by atoms with Crippen LogP contribution in [0.1, 0.15) is 36.0 Å². The number of aliphatic carboxylic acids is 1. The lowest BCUT2D eigenvalue weighted by atomic mass is 10.2. The molecular weight excluding hydrogens is 335 g/mol. The minimum atomic E-state index is -0.753. The first kappa shape index (κ1) is 20.4. The highest BCUT2D eigenvalue weighted by molar-refractivity contribution is 5.94. The summed E-state index contributed by atoms with van der Waals surface area (Å²) in [6, 6.07) is 5.65. The summed E-state index contributed by atoms with van der Waals surface area (Å²) in [6.07, 6.45) is 2.65. The van der Waals surface area contributed by atoms with Crippen molar-refractivity contribution in [2.24, 2.45) is 0 Å². The number of carbonyl (C=O) groups excluding carboxylic acids is 1. The van der Waals surface area contributed by atoms with E-state index in [0.29, 0.717) is 25.1 Å². The highest BCUT2D eigenvalue weighted by Crippen LogP contribution is 2.11. The number of carboxylic acids is 1. The van der Waals surface area contributed by atoms with Gasteiger partial charge in [-0.3, -0.25) is 9.59 Å². The quantitative estimate of drug-likeness (QED) is 0.794. The van der Waals surface area contributed by atoms with E-state index >= 15 is 0 Å². The lowest BCUT2D eigenvalue weighted by molar-refractivity contribution is -0.137. The van der Waals surface area contributed by atoms with Gasteiger partial charge in [0.1, 0.15) is 5.82 Å². The molecule has 0 aliphatic carbocycles. The number of halogens is 2. The molecular formula is C17H24ClFN2O3. The fourth-order valence-electron chi connectivity index (χ4n) is 2.78. The van der Waals surface area contributed by atoms with Crippen LogP contribution in [-0.4, -0.2) is 59.5 Å². The van der Waals surface area contributed by atoms with E-state index in [4.69, 9.17) is 5.11 Å². The number of carboxylic acid groups (broad SMARTS) is 1. The number of carbonyl (C=O) groups is 2. The van der Waals surface area contributed by atoms with E-state index in [0.717, 1.165) is 32.5 Å². The van der Waals surface area contributed by atoms with Crippen LogP contribution in [0.25, 0.3) is 0 Å². The van der Waals surface area contributed by atoms with Crippen molar-refractivity contribution in [3.05, 3.63) is 35.6 Å². The van der Waals surface area contributed by atoms with Gasteiger partial charge in [-0.05, 0) is 56.6 Å². The van der Waals surface area contributed by atoms with Crippen molar-refractivity contribution in [2.75, 3.05) is 32.7 Å². The van der Waals surface area contributed by atoms with Crippen LogP contribution < -0.4 is 0 Å². The number of hydrogen-bond donors (Lipinski definition) is 1. The minimum Gasteiger partial charge on any atom is -0.481 e. The lowest BCUT2D eigenvalue weighted by Gasteiger charge is -2.22. The topological polar surface area (TPSA) is 60.9 Å². The van der Waals surface area contributed by atoms with Gasteiger partial charge in [0.25, 0.3) is 5.91 Å². The molecule has 0 aromatic heterocycles. The van der Waals surface area contributed by atoms with Crippen LogP contribution in [0.3, 0.4) is 0 Å². The van der Waals surface area contributed by atoms with Crippen molar-refractivity contribution in [1.82, 2.24) is 9.80 Å². The predicted octanol–water partition coefficient (Wildman–Crippen LogP) is 2.65. The fraction of sp³-hybridized carbons (Fsp3) is 0.529. The molecule has 1 heterocycles. The Balaban J connectivity index is 0.00000288. The predicted molar refractivity (Wildman–Crippen MR) is 92.1 cm³/mol. The molecule has 1 aliphatic heterocycles. The van der Waals surface area contributed by atoms with Crippen molar-refractivity contribution < 1.29 is 19.1 Å². The molecule has 1 N–H and O–H groups in total. The molecule has 1 amide bonds. The molecule has 24 heavy (non-hydrogen) atoms. The molecule has 7 heteroatoms. The highest BCUT2D eigenvalue weighted by atomic mass is 35.5. The van der Waals surface area contributed by atoms with Crippen LogP contribution in [0, 0.1) is 5.82 Å². The van der Waals surface area contributed by atoms with Gasteiger partial charge in [0, 0.05) is 31.6 Å². The van der Waals surface area contributed by atoms with E-state index in [9.17, 15) is 14.0 Å². The van der Waals surface area contributed by atoms with Gasteiger partial charge < -0.3 is 14.9 Å². The monoisotopic (exact) mass is 358 g/mol. The fourth-order valence-corrected chi connectivity index (χ4v) is 2.78. The third-order valence-corrected chi connectivity index (χ3v) is 4.08. The Morgan fingerprint density at radius 2 is 1.75 bits per heavy atom. The van der Waals surface area contributed by atoms with Crippen LogP contribution in [-0.2, 0) is 4.79 Å². The van der Waals surface area contributed by atoms with E-state index in [2.05, 4.69) is 4.90 Å². The first-order valence-corrected chi connectivity index (χ1v) is 8.05. The Hall–Kier alpha value is -1.66. The molecule has 134 valence electrons. The second-order valence-corrected chi connectivity index (χ2v) is 5.85. The average molecular weight is 359 g/mol. The molecule has 1 fully saturated rings. The number of benzene rings is 1. The lowest BCUT2D eigenvalue weighted by Crippen LogP contribution is -2.35. The normalized spacial score (nSPS) is 15.5. The summed E-state index contributed by atoms with van der Waals surface area (Å²) in [5.74, 6) is -1.15. The molecule has 0 saturated carbocycles. The third kappa shape index (κ3) is 6.45. The Labute approximate surface area is 147 Å². The van der Waals surface area contributed by atoms with Gasteiger partial charge >= 0.3 is 5.97 Å². The molecule has 2 rings (SSSR count). The van der Waals surface area contributed by atoms with Gasteiger partial charge in [-0.25, -0.2) is 4.39 Å². The first-order chi connectivity index (χ1) is 11.1. The zero-order valence-corrected chi connectivity index (χ0v) is 14.4. The van der Waals surface area contributed by atoms with Crippen LogP contribution in [0.5, 0.6) is 0 Å². The second-order valence-electron chi connectivity index (χ2n) is 5.85. The number of hydrogen-bond acceptors (Lipinski definition) is 3. The summed E-state index contributed by atoms with van der Waals surface area (Å²) >= 11 is 0. The molecule has 0 unspecified atom stereocenters. The molecule has 5 nitrogen and oxygen atoms in total. The third-order valence-electron chi connectivity index (χ3n) is 4.08. The molecule has 0 bridgehead atoms. The van der Waals surface area contributed by atoms with Gasteiger partial charge in [0.2, 0.25) is 0 Å². The summed E-state index contributed by atoms with van der Waals surface area (Å²) in [6.45, 7) is 3.92. The smallest absolute Gasteiger partial charge is 0.303 e. The van der Waals surface area contributed by atoms with Gasteiger partial charge in [0.05, 0.1) is 0 Å². The number of unbranched alkanes of at least 4 members (excludes halogenated alkanes) is 1. The Morgan fingerprint density at radius 3 is 2.42 bits per heavy atom. The van der Waals surface area contributed by atoms with Gasteiger partial charge in [0.15, 0.2) is 0 Å². The Morgan fingerprint density at radius 1 is 1.04 bits per heavy atom. The number of nitrogens with zero attached hydrogens (tertiary/aromatic N) is 2. The van der Waals surface area contributed by atoms with Gasteiger partial charge in [-0.1, -0.05) is 0 Å². The van der Waals surface area contributed by atoms with Crippen LogP contribution in [0.2, 0.25) is 0 Å². The Bertz CT molecular complexity index is 539. The SMILES string of the molecule is Cl.O=C(O)CCCCN1CCCN(C(=O)c2ccc(F)cc2)CC1. The van der Waals surface area contributed by atoms with Crippen LogP contribution in [0.4, 0.5) is 4.39 Å². The summed E-state index contributed by atoms with van der Waals surface area (Å²) in [5.41, 5.74) is 0.515. The summed E-state index contributed by atoms with van der Waals surface area (Å²) in [5, 5.41) is 8.64. The minimum absolute atomic E-state index is 0. The van der Waals surface area contributed by atoms with E-state index in [1.807, 2.05) is 4.90 Å². The van der Waals surface area contributed by atoms with Crippen molar-refractivity contribution in [3.8, 4) is 0 Å². The Kier molecular flexibility index (Phi) is 8.71. The summed E-state index contributed by atoms with van der Waals surface area (Å²) in [7, 11) is 0. The molecule has 1 aliphatic rings. The van der Waals surface area contributed by atoms with Gasteiger partial charge in [-0.15, -0.1) is 12.4 Å². The van der Waals surface area contributed by atoms with E-state index in [1.54, 1.807) is 0 Å². The average Bonchev–Trinajstić information content (AvgIpc) is 2.77. The zero-order chi connectivity index (χ0) is 16.7. The van der Waals surface area contributed by atoms with Crippen molar-refractivity contribution in [3.63, 3.8) is 0 Å². The van der Waals surface area contributed by atoms with E-state index < -0.39 is 5.97 Å². The summed E-state index contributed by atoms with van der Waals surface area (Å²) in [4.78, 5) is 27.0. The highest BCUT2D eigenvalue weighted by Gasteiger charge is 2.20. The second kappa shape index (κ2) is 10.3. The largest absolute Gasteiger partial charge is 0.481 e. The number of rotatable bonds is 6. The summed E-state index contributed by atoms with van der Waals surface area (Å²) < 4.78 is 12.9. The maximum Gasteiger partial charge on any atom is 0.303 e. The molecule has 0 atom stereocenters. The molecule has 1 saturated heterocycles. The maximum atomic E-state index is 12.9.